The second kappa shape index (κ2) is 7.60. The van der Waals surface area contributed by atoms with Gasteiger partial charge in [-0.3, -0.25) is 0 Å². The van der Waals surface area contributed by atoms with Gasteiger partial charge in [0, 0.05) is 5.92 Å². The van der Waals surface area contributed by atoms with E-state index in [9.17, 15) is 9.90 Å². The number of allylic oxidation sites excluding steroid dienone is 2. The molecule has 2 unspecified atom stereocenters. The Kier molecular flexibility index (Phi) is 6.13. The van der Waals surface area contributed by atoms with Gasteiger partial charge in [-0.05, 0) is 30.2 Å². The van der Waals surface area contributed by atoms with Crippen LogP contribution < -0.4 is 17.0 Å². The van der Waals surface area contributed by atoms with Crippen molar-refractivity contribution in [3.8, 4) is 0 Å². The van der Waals surface area contributed by atoms with Crippen molar-refractivity contribution in [2.45, 2.75) is 18.4 Å². The Morgan fingerprint density at radius 1 is 1.20 bits per heavy atom. The molecular formula is C20H28BrNO3. The normalized spacial score (nSPS) is 26.8. The van der Waals surface area contributed by atoms with Crippen molar-refractivity contribution in [1.29, 1.82) is 0 Å². The van der Waals surface area contributed by atoms with Crippen LogP contribution >= 0.6 is 0 Å². The monoisotopic (exact) mass is 409 g/mol. The fraction of sp³-hybridized carbons (Fsp3) is 0.550. The molecule has 0 saturated heterocycles. The number of carbonyl (C=O) groups excluding carboxylic acids is 1. The number of ether oxygens (including phenoxy) is 1. The lowest BCUT2D eigenvalue weighted by molar-refractivity contribution is -0.870. The Labute approximate surface area is 160 Å². The number of hydrogen-bond donors (Lipinski definition) is 1. The molecule has 1 saturated carbocycles. The summed E-state index contributed by atoms with van der Waals surface area (Å²) in [5.74, 6) is 0.125. The first-order chi connectivity index (χ1) is 11.3. The number of aliphatic hydroxyl groups is 1. The summed E-state index contributed by atoms with van der Waals surface area (Å²) in [7, 11) is 6.16. The molecule has 138 valence electrons. The first-order valence-corrected chi connectivity index (χ1v) is 8.74. The number of likely N-dealkylation sites (N-methyl/N-ethyl adjacent to an activating group) is 1. The zero-order chi connectivity index (χ0) is 17.4. The molecule has 0 heterocycles. The van der Waals surface area contributed by atoms with Gasteiger partial charge < -0.3 is 31.3 Å². The molecule has 5 heteroatoms. The van der Waals surface area contributed by atoms with Crippen molar-refractivity contribution in [2.75, 3.05) is 34.3 Å². The smallest absolute Gasteiger partial charge is 0.343 e. The molecule has 0 radical (unpaired) electrons. The summed E-state index contributed by atoms with van der Waals surface area (Å²) in [4.78, 5) is 12.9. The molecule has 0 amide bonds. The van der Waals surface area contributed by atoms with E-state index in [1.54, 1.807) is 0 Å². The van der Waals surface area contributed by atoms with Gasteiger partial charge in [0.05, 0.1) is 21.1 Å². The average Bonchev–Trinajstić information content (AvgIpc) is 3.17. The molecule has 4 nitrogen and oxygen atoms in total. The SMILES string of the molecule is C[N+](C)(C)CCOC(=O)C(O)(c1ccccc1)C1C[C@@H]2C=C[C@H]1C2.[Br-]. The minimum absolute atomic E-state index is 0. The van der Waals surface area contributed by atoms with Crippen LogP contribution in [0.25, 0.3) is 0 Å². The number of hydrogen-bond acceptors (Lipinski definition) is 3. The second-order valence-corrected chi connectivity index (χ2v) is 8.17. The molecule has 0 aromatic heterocycles. The standard InChI is InChI=1S/C20H28NO3.BrH/c1-21(2,3)11-12-24-19(22)20(23,17-7-5-4-6-8-17)18-14-15-9-10-16(18)13-15;/h4-10,15-16,18,23H,11-14H2,1-3H3;1H/q+1;/p-1/t15-,16+,18?,20?;/m1./s1. The summed E-state index contributed by atoms with van der Waals surface area (Å²) in [5.41, 5.74) is -0.915. The van der Waals surface area contributed by atoms with E-state index in [1.807, 2.05) is 30.3 Å². The second-order valence-electron chi connectivity index (χ2n) is 8.17. The topological polar surface area (TPSA) is 46.5 Å². The largest absolute Gasteiger partial charge is 1.00 e. The zero-order valence-electron chi connectivity index (χ0n) is 15.2. The van der Waals surface area contributed by atoms with Gasteiger partial charge in [-0.15, -0.1) is 0 Å². The predicted molar refractivity (Wildman–Crippen MR) is 93.0 cm³/mol. The molecule has 25 heavy (non-hydrogen) atoms. The maximum Gasteiger partial charge on any atom is 0.343 e. The molecule has 1 N–H and O–H groups in total. The third-order valence-corrected chi connectivity index (χ3v) is 5.34. The highest BCUT2D eigenvalue weighted by Gasteiger charge is 2.54. The van der Waals surface area contributed by atoms with Crippen LogP contribution in [0, 0.1) is 17.8 Å². The minimum atomic E-state index is -1.56. The van der Waals surface area contributed by atoms with Gasteiger partial charge in [-0.1, -0.05) is 42.5 Å². The van der Waals surface area contributed by atoms with Gasteiger partial charge >= 0.3 is 5.97 Å². The van der Waals surface area contributed by atoms with Crippen LogP contribution in [0.3, 0.4) is 0 Å². The summed E-state index contributed by atoms with van der Waals surface area (Å²) >= 11 is 0. The van der Waals surface area contributed by atoms with Crippen LogP contribution in [-0.2, 0) is 15.1 Å². The highest BCUT2D eigenvalue weighted by atomic mass is 79.9. The lowest BCUT2D eigenvalue weighted by Crippen LogP contribution is -3.00. The molecule has 0 aliphatic heterocycles. The molecule has 1 aromatic rings. The van der Waals surface area contributed by atoms with E-state index in [0.29, 0.717) is 29.1 Å². The van der Waals surface area contributed by atoms with Crippen LogP contribution in [0.1, 0.15) is 18.4 Å². The van der Waals surface area contributed by atoms with E-state index >= 15 is 0 Å². The third kappa shape index (κ3) is 4.15. The van der Waals surface area contributed by atoms with Crippen LogP contribution in [0.4, 0.5) is 0 Å². The van der Waals surface area contributed by atoms with E-state index in [-0.39, 0.29) is 28.8 Å². The molecule has 2 aliphatic rings. The van der Waals surface area contributed by atoms with Crippen LogP contribution in [0.5, 0.6) is 0 Å². The van der Waals surface area contributed by atoms with Gasteiger partial charge in [0.25, 0.3) is 0 Å². The molecule has 2 aliphatic carbocycles. The Morgan fingerprint density at radius 2 is 1.88 bits per heavy atom. The van der Waals surface area contributed by atoms with E-state index < -0.39 is 11.6 Å². The van der Waals surface area contributed by atoms with Crippen LogP contribution in [0.15, 0.2) is 42.5 Å². The van der Waals surface area contributed by atoms with Gasteiger partial charge in [0.2, 0.25) is 0 Å². The maximum atomic E-state index is 12.9. The van der Waals surface area contributed by atoms with Gasteiger partial charge in [0.15, 0.2) is 5.60 Å². The van der Waals surface area contributed by atoms with Gasteiger partial charge in [-0.25, -0.2) is 4.79 Å². The van der Waals surface area contributed by atoms with Crippen molar-refractivity contribution in [2.24, 2.45) is 17.8 Å². The number of rotatable bonds is 6. The average molecular weight is 410 g/mol. The fourth-order valence-corrected chi connectivity index (χ4v) is 3.96. The van der Waals surface area contributed by atoms with Crippen molar-refractivity contribution in [1.82, 2.24) is 0 Å². The Balaban J connectivity index is 0.00000225. The van der Waals surface area contributed by atoms with Crippen LogP contribution in [-0.4, -0.2) is 49.9 Å². The zero-order valence-corrected chi connectivity index (χ0v) is 16.8. The number of quaternary nitrogens is 1. The number of nitrogens with zero attached hydrogens (tertiary/aromatic N) is 1. The number of fused-ring (bicyclic) bond motifs is 2. The quantitative estimate of drug-likeness (QED) is 0.385. The number of benzene rings is 1. The van der Waals surface area contributed by atoms with Crippen molar-refractivity contribution < 1.29 is 36.1 Å². The molecule has 1 fully saturated rings. The number of halogens is 1. The fourth-order valence-electron chi connectivity index (χ4n) is 3.96. The minimum Gasteiger partial charge on any atom is -1.00 e. The van der Waals surface area contributed by atoms with Gasteiger partial charge in [0.1, 0.15) is 13.2 Å². The first kappa shape index (κ1) is 20.1. The van der Waals surface area contributed by atoms with Gasteiger partial charge in [-0.2, -0.15) is 0 Å². The highest BCUT2D eigenvalue weighted by Crippen LogP contribution is 2.51. The lowest BCUT2D eigenvalue weighted by Gasteiger charge is -2.36. The van der Waals surface area contributed by atoms with E-state index in [1.165, 1.54) is 0 Å². The van der Waals surface area contributed by atoms with Crippen molar-refractivity contribution in [3.05, 3.63) is 48.0 Å². The summed E-state index contributed by atoms with van der Waals surface area (Å²) in [6, 6.07) is 9.28. The Hall–Kier alpha value is -1.17. The van der Waals surface area contributed by atoms with E-state index in [2.05, 4.69) is 33.3 Å². The number of carbonyl (C=O) groups is 1. The lowest BCUT2D eigenvalue weighted by atomic mass is 9.74. The molecule has 3 rings (SSSR count). The third-order valence-electron chi connectivity index (χ3n) is 5.34. The summed E-state index contributed by atoms with van der Waals surface area (Å²) in [5, 5.41) is 11.5. The summed E-state index contributed by atoms with van der Waals surface area (Å²) in [6.07, 6.45) is 6.25. The van der Waals surface area contributed by atoms with Crippen molar-refractivity contribution in [3.63, 3.8) is 0 Å². The summed E-state index contributed by atoms with van der Waals surface area (Å²) in [6.45, 7) is 1.03. The predicted octanol–water partition coefficient (Wildman–Crippen LogP) is -0.660. The molecular weight excluding hydrogens is 382 g/mol. The van der Waals surface area contributed by atoms with E-state index in [0.717, 1.165) is 12.8 Å². The highest BCUT2D eigenvalue weighted by molar-refractivity contribution is 5.81. The van der Waals surface area contributed by atoms with Crippen molar-refractivity contribution >= 4 is 5.97 Å². The van der Waals surface area contributed by atoms with Crippen LogP contribution in [0.2, 0.25) is 0 Å². The molecule has 0 spiro atoms. The Bertz CT molecular complexity index is 626. The number of esters is 1. The van der Waals surface area contributed by atoms with E-state index in [4.69, 9.17) is 4.74 Å². The molecule has 4 atom stereocenters. The first-order valence-electron chi connectivity index (χ1n) is 8.74. The Morgan fingerprint density at radius 3 is 2.40 bits per heavy atom. The molecule has 1 aromatic carbocycles. The maximum absolute atomic E-state index is 12.9. The summed E-state index contributed by atoms with van der Waals surface area (Å²) < 4.78 is 6.25. The molecule has 2 bridgehead atoms.